The molecule has 0 spiro atoms. The number of aryl methyl sites for hydroxylation is 1. The smallest absolute Gasteiger partial charge is 0.273 e. The number of hydrogen-bond acceptors (Lipinski definition) is 3. The number of carbonyl (C=O) groups excluding carboxylic acids is 2. The molecular formula is C17H19ClN4O2. The third kappa shape index (κ3) is 3.28. The van der Waals surface area contributed by atoms with E-state index in [0.717, 1.165) is 12.0 Å². The first-order valence-electron chi connectivity index (χ1n) is 7.89. The summed E-state index contributed by atoms with van der Waals surface area (Å²) < 4.78 is 1.63. The van der Waals surface area contributed by atoms with Crippen molar-refractivity contribution in [2.45, 2.75) is 25.8 Å². The van der Waals surface area contributed by atoms with Crippen molar-refractivity contribution in [2.75, 3.05) is 12.4 Å². The lowest BCUT2D eigenvalue weighted by Crippen LogP contribution is -2.22. The number of anilines is 1. The molecule has 126 valence electrons. The van der Waals surface area contributed by atoms with Gasteiger partial charge in [0.1, 0.15) is 0 Å². The molecule has 1 heterocycles. The summed E-state index contributed by atoms with van der Waals surface area (Å²) in [6.45, 7) is 2.54. The molecule has 2 amide bonds. The van der Waals surface area contributed by atoms with Crippen molar-refractivity contribution in [3.63, 3.8) is 0 Å². The number of benzene rings is 1. The summed E-state index contributed by atoms with van der Waals surface area (Å²) in [5.41, 5.74) is 1.79. The van der Waals surface area contributed by atoms with E-state index >= 15 is 0 Å². The summed E-state index contributed by atoms with van der Waals surface area (Å²) in [7, 11) is 1.54. The molecule has 2 N–H and O–H groups in total. The van der Waals surface area contributed by atoms with Gasteiger partial charge in [0, 0.05) is 30.7 Å². The van der Waals surface area contributed by atoms with Gasteiger partial charge in [0.05, 0.1) is 5.69 Å². The summed E-state index contributed by atoms with van der Waals surface area (Å²) in [6, 6.07) is 7.56. The van der Waals surface area contributed by atoms with Crippen molar-refractivity contribution in [1.29, 1.82) is 0 Å². The second kappa shape index (κ2) is 6.65. The molecule has 1 aliphatic carbocycles. The zero-order chi connectivity index (χ0) is 17.3. The van der Waals surface area contributed by atoms with E-state index in [-0.39, 0.29) is 29.3 Å². The number of halogens is 1. The van der Waals surface area contributed by atoms with Crippen molar-refractivity contribution in [2.24, 2.45) is 5.92 Å². The van der Waals surface area contributed by atoms with Crippen LogP contribution in [0, 0.1) is 5.92 Å². The van der Waals surface area contributed by atoms with Crippen LogP contribution in [0.5, 0.6) is 0 Å². The van der Waals surface area contributed by atoms with Crippen LogP contribution < -0.4 is 10.6 Å². The predicted octanol–water partition coefficient (Wildman–Crippen LogP) is 2.66. The van der Waals surface area contributed by atoms with E-state index in [4.69, 9.17) is 11.6 Å². The number of rotatable bonds is 5. The average molecular weight is 347 g/mol. The van der Waals surface area contributed by atoms with Crippen LogP contribution in [0.3, 0.4) is 0 Å². The molecular weight excluding hydrogens is 328 g/mol. The largest absolute Gasteiger partial charge is 0.354 e. The molecule has 6 nitrogen and oxygen atoms in total. The highest BCUT2D eigenvalue weighted by atomic mass is 35.5. The molecule has 0 saturated heterocycles. The Kier molecular flexibility index (Phi) is 4.57. The first-order chi connectivity index (χ1) is 11.5. The van der Waals surface area contributed by atoms with E-state index in [1.807, 2.05) is 31.2 Å². The molecule has 1 aliphatic rings. The van der Waals surface area contributed by atoms with Crippen LogP contribution in [0.1, 0.15) is 35.3 Å². The van der Waals surface area contributed by atoms with E-state index in [2.05, 4.69) is 15.7 Å². The molecule has 1 aromatic carbocycles. The van der Waals surface area contributed by atoms with Gasteiger partial charge in [-0.2, -0.15) is 5.10 Å². The molecule has 0 radical (unpaired) electrons. The molecule has 1 aromatic heterocycles. The number of nitrogens with one attached hydrogen (secondary N) is 2. The third-order valence-corrected chi connectivity index (χ3v) is 4.46. The van der Waals surface area contributed by atoms with Crippen LogP contribution in [0.2, 0.25) is 5.02 Å². The molecule has 2 aromatic rings. The van der Waals surface area contributed by atoms with Gasteiger partial charge in [0.25, 0.3) is 5.91 Å². The summed E-state index contributed by atoms with van der Waals surface area (Å²) in [5, 5.41) is 10.3. The highest BCUT2D eigenvalue weighted by Gasteiger charge is 2.44. The van der Waals surface area contributed by atoms with E-state index in [9.17, 15) is 9.59 Å². The molecule has 1 saturated carbocycles. The second-order valence-electron chi connectivity index (χ2n) is 5.82. The molecule has 2 unspecified atom stereocenters. The van der Waals surface area contributed by atoms with Crippen LogP contribution >= 0.6 is 11.6 Å². The number of aromatic nitrogens is 2. The lowest BCUT2D eigenvalue weighted by atomic mass is 10.1. The molecule has 0 aliphatic heterocycles. The normalized spacial score (nSPS) is 19.0. The number of amides is 2. The number of nitrogens with zero attached hydrogens (tertiary/aromatic N) is 2. The average Bonchev–Trinajstić information content (AvgIpc) is 3.29. The van der Waals surface area contributed by atoms with Crippen LogP contribution in [0.15, 0.2) is 30.5 Å². The van der Waals surface area contributed by atoms with Crippen LogP contribution in [0.4, 0.5) is 5.69 Å². The number of hydrogen-bond donors (Lipinski definition) is 2. The topological polar surface area (TPSA) is 76.0 Å². The Morgan fingerprint density at radius 2 is 2.04 bits per heavy atom. The van der Waals surface area contributed by atoms with Gasteiger partial charge in [-0.25, -0.2) is 0 Å². The maximum Gasteiger partial charge on any atom is 0.273 e. The van der Waals surface area contributed by atoms with Crippen molar-refractivity contribution >= 4 is 29.1 Å². The minimum absolute atomic E-state index is 0.0873. The minimum atomic E-state index is -0.317. The van der Waals surface area contributed by atoms with Gasteiger partial charge in [-0.05, 0) is 37.0 Å². The van der Waals surface area contributed by atoms with Gasteiger partial charge in [0.2, 0.25) is 5.91 Å². The van der Waals surface area contributed by atoms with Gasteiger partial charge in [-0.3, -0.25) is 14.3 Å². The molecule has 2 atom stereocenters. The highest BCUT2D eigenvalue weighted by Crippen LogP contribution is 2.48. The predicted molar refractivity (Wildman–Crippen MR) is 92.2 cm³/mol. The fourth-order valence-electron chi connectivity index (χ4n) is 2.75. The summed E-state index contributed by atoms with van der Waals surface area (Å²) >= 11 is 5.89. The van der Waals surface area contributed by atoms with Gasteiger partial charge >= 0.3 is 0 Å². The molecule has 0 bridgehead atoms. The Labute approximate surface area is 145 Å². The van der Waals surface area contributed by atoms with Gasteiger partial charge < -0.3 is 10.6 Å². The Hall–Kier alpha value is -2.34. The Bertz CT molecular complexity index is 769. The zero-order valence-electron chi connectivity index (χ0n) is 13.5. The third-order valence-electron chi connectivity index (χ3n) is 4.21. The second-order valence-corrected chi connectivity index (χ2v) is 6.25. The van der Waals surface area contributed by atoms with Gasteiger partial charge in [-0.1, -0.05) is 23.7 Å². The first-order valence-corrected chi connectivity index (χ1v) is 8.27. The fraction of sp³-hybridized carbons (Fsp3) is 0.353. The number of carbonyl (C=O) groups is 2. The van der Waals surface area contributed by atoms with Gasteiger partial charge in [-0.15, -0.1) is 0 Å². The Morgan fingerprint density at radius 1 is 1.33 bits per heavy atom. The van der Waals surface area contributed by atoms with E-state index < -0.39 is 0 Å². The maximum atomic E-state index is 12.5. The molecule has 3 rings (SSSR count). The van der Waals surface area contributed by atoms with Crippen molar-refractivity contribution in [1.82, 2.24) is 15.1 Å². The van der Waals surface area contributed by atoms with E-state index in [1.54, 1.807) is 10.9 Å². The quantitative estimate of drug-likeness (QED) is 0.873. The summed E-state index contributed by atoms with van der Waals surface area (Å²) in [6.07, 6.45) is 2.48. The van der Waals surface area contributed by atoms with Crippen molar-refractivity contribution in [3.8, 4) is 0 Å². The monoisotopic (exact) mass is 346 g/mol. The zero-order valence-corrected chi connectivity index (χ0v) is 14.3. The fourth-order valence-corrected chi connectivity index (χ4v) is 2.88. The maximum absolute atomic E-state index is 12.5. The van der Waals surface area contributed by atoms with E-state index in [1.165, 1.54) is 7.05 Å². The van der Waals surface area contributed by atoms with Gasteiger partial charge in [0.15, 0.2) is 5.69 Å². The Balaban J connectivity index is 1.71. The van der Waals surface area contributed by atoms with Crippen molar-refractivity contribution < 1.29 is 9.59 Å². The SMILES string of the molecule is CCn1cc(NC(=O)C2CC2c2ccc(Cl)cc2)c(C(=O)NC)n1. The lowest BCUT2D eigenvalue weighted by Gasteiger charge is -2.05. The van der Waals surface area contributed by atoms with Crippen LogP contribution in [-0.2, 0) is 11.3 Å². The van der Waals surface area contributed by atoms with E-state index in [0.29, 0.717) is 17.3 Å². The minimum Gasteiger partial charge on any atom is -0.354 e. The lowest BCUT2D eigenvalue weighted by molar-refractivity contribution is -0.117. The molecule has 7 heteroatoms. The van der Waals surface area contributed by atoms with Crippen LogP contribution in [-0.4, -0.2) is 28.6 Å². The molecule has 1 fully saturated rings. The molecule has 24 heavy (non-hydrogen) atoms. The summed E-state index contributed by atoms with van der Waals surface area (Å²) in [4.78, 5) is 24.4. The Morgan fingerprint density at radius 3 is 2.67 bits per heavy atom. The first kappa shape index (κ1) is 16.5. The highest BCUT2D eigenvalue weighted by molar-refractivity contribution is 6.30. The standard InChI is InChI=1S/C17H19ClN4O2/c1-3-22-9-14(15(21-22)17(24)19-2)20-16(23)13-8-12(13)10-4-6-11(18)7-5-10/h4-7,9,12-13H,3,8H2,1-2H3,(H,19,24)(H,20,23). The van der Waals surface area contributed by atoms with Crippen LogP contribution in [0.25, 0.3) is 0 Å². The summed E-state index contributed by atoms with van der Waals surface area (Å²) in [5.74, 6) is -0.293. The van der Waals surface area contributed by atoms with Crippen molar-refractivity contribution in [3.05, 3.63) is 46.7 Å².